The molecule has 1 unspecified atom stereocenters. The van der Waals surface area contributed by atoms with Crippen molar-refractivity contribution < 1.29 is 35.9 Å². The van der Waals surface area contributed by atoms with Crippen LogP contribution in [-0.2, 0) is 18.9 Å². The van der Waals surface area contributed by atoms with Gasteiger partial charge in [-0.3, -0.25) is 9.78 Å². The maximum atomic E-state index is 13.6. The minimum Gasteiger partial charge on any atom is -0.497 e. The first-order valence-corrected chi connectivity index (χ1v) is 14.2. The summed E-state index contributed by atoms with van der Waals surface area (Å²) in [5.41, 5.74) is -0.688. The third-order valence-corrected chi connectivity index (χ3v) is 7.33. The Morgan fingerprint density at radius 2 is 1.58 bits per heavy atom. The van der Waals surface area contributed by atoms with Crippen LogP contribution in [-0.4, -0.2) is 49.6 Å². The molecular weight excluding hydrogens is 598 g/mol. The number of benzene rings is 3. The second-order valence-corrected chi connectivity index (χ2v) is 11.0. The average molecular weight is 633 g/mol. The van der Waals surface area contributed by atoms with Gasteiger partial charge < -0.3 is 19.9 Å². The van der Waals surface area contributed by atoms with Crippen LogP contribution in [0.2, 0.25) is 0 Å². The number of carbonyl (C=O) groups excluding carboxylic acids is 1. The largest absolute Gasteiger partial charge is 0.497 e. The fraction of sp³-hybridized carbons (Fsp3) is 0.333. The molecule has 3 aromatic carbocycles. The van der Waals surface area contributed by atoms with Gasteiger partial charge in [0.1, 0.15) is 5.75 Å². The topological polar surface area (TPSA) is 57.7 Å². The van der Waals surface area contributed by atoms with Gasteiger partial charge in [0.2, 0.25) is 0 Å². The fourth-order valence-electron chi connectivity index (χ4n) is 4.95. The van der Waals surface area contributed by atoms with Gasteiger partial charge in [0, 0.05) is 62.1 Å². The SMILES string of the molecule is COc1cc(NC(C)CCCN(Cc2ccc(N(C)C)cc2)C(=O)c2cc(C(F)(F)F)cc(C(F)(F)F)c2)c2ncccc2c1. The second kappa shape index (κ2) is 13.7. The van der Waals surface area contributed by atoms with Gasteiger partial charge in [-0.2, -0.15) is 26.3 Å². The number of halogens is 6. The number of nitrogens with one attached hydrogen (secondary N) is 1. The van der Waals surface area contributed by atoms with Crippen molar-refractivity contribution >= 4 is 28.2 Å². The van der Waals surface area contributed by atoms with Crippen molar-refractivity contribution in [1.82, 2.24) is 9.88 Å². The van der Waals surface area contributed by atoms with Crippen molar-refractivity contribution in [2.45, 2.75) is 44.7 Å². The molecule has 1 aromatic heterocycles. The number of hydrogen-bond acceptors (Lipinski definition) is 5. The average Bonchev–Trinajstić information content (AvgIpc) is 2.99. The number of amides is 1. The van der Waals surface area contributed by atoms with Crippen molar-refractivity contribution in [3.63, 3.8) is 0 Å². The molecule has 1 heterocycles. The van der Waals surface area contributed by atoms with Crippen molar-refractivity contribution in [1.29, 1.82) is 0 Å². The Morgan fingerprint density at radius 3 is 2.16 bits per heavy atom. The van der Waals surface area contributed by atoms with E-state index >= 15 is 0 Å². The lowest BCUT2D eigenvalue weighted by molar-refractivity contribution is -0.143. The van der Waals surface area contributed by atoms with Gasteiger partial charge in [0.15, 0.2) is 0 Å². The molecule has 12 heteroatoms. The second-order valence-electron chi connectivity index (χ2n) is 11.0. The summed E-state index contributed by atoms with van der Waals surface area (Å²) >= 11 is 0. The van der Waals surface area contributed by atoms with E-state index in [1.54, 1.807) is 25.4 Å². The molecule has 1 N–H and O–H groups in total. The van der Waals surface area contributed by atoms with Gasteiger partial charge in [0.05, 0.1) is 29.4 Å². The van der Waals surface area contributed by atoms with E-state index < -0.39 is 35.0 Å². The van der Waals surface area contributed by atoms with Gasteiger partial charge in [-0.05, 0) is 67.8 Å². The summed E-state index contributed by atoms with van der Waals surface area (Å²) in [6.45, 7) is 2.02. The zero-order valence-electron chi connectivity index (χ0n) is 25.3. The molecular formula is C33H34F6N4O2. The summed E-state index contributed by atoms with van der Waals surface area (Å²) in [4.78, 5) is 21.2. The maximum absolute atomic E-state index is 13.6. The number of pyridine rings is 1. The molecule has 4 aromatic rings. The lowest BCUT2D eigenvalue weighted by Gasteiger charge is -2.25. The number of nitrogens with zero attached hydrogens (tertiary/aromatic N) is 3. The van der Waals surface area contributed by atoms with E-state index in [-0.39, 0.29) is 25.2 Å². The highest BCUT2D eigenvalue weighted by atomic mass is 19.4. The quantitative estimate of drug-likeness (QED) is 0.169. The normalized spacial score (nSPS) is 12.6. The summed E-state index contributed by atoms with van der Waals surface area (Å²) in [7, 11) is 5.28. The number of alkyl halides is 6. The Labute approximate surface area is 257 Å². The van der Waals surface area contributed by atoms with Crippen LogP contribution in [0.4, 0.5) is 37.7 Å². The first-order valence-electron chi connectivity index (χ1n) is 14.2. The number of carbonyl (C=O) groups is 1. The van der Waals surface area contributed by atoms with E-state index in [1.807, 2.05) is 62.3 Å². The first kappa shape index (κ1) is 33.4. The molecule has 0 aliphatic carbocycles. The van der Waals surface area contributed by atoms with Crippen LogP contribution < -0.4 is 15.0 Å². The van der Waals surface area contributed by atoms with E-state index in [2.05, 4.69) is 10.3 Å². The van der Waals surface area contributed by atoms with Gasteiger partial charge >= 0.3 is 12.4 Å². The molecule has 4 rings (SSSR count). The van der Waals surface area contributed by atoms with Crippen molar-refractivity contribution in [3.05, 3.63) is 95.2 Å². The highest BCUT2D eigenvalue weighted by molar-refractivity contribution is 5.95. The number of hydrogen-bond donors (Lipinski definition) is 1. The summed E-state index contributed by atoms with van der Waals surface area (Å²) in [6.07, 6.45) is -7.51. The van der Waals surface area contributed by atoms with Crippen LogP contribution in [0.1, 0.15) is 46.8 Å². The van der Waals surface area contributed by atoms with Crippen molar-refractivity contribution in [3.8, 4) is 5.75 Å². The number of anilines is 2. The Morgan fingerprint density at radius 1 is 0.933 bits per heavy atom. The number of methoxy groups -OCH3 is 1. The highest BCUT2D eigenvalue weighted by Gasteiger charge is 2.38. The van der Waals surface area contributed by atoms with Crippen LogP contribution in [0.15, 0.2) is 72.9 Å². The first-order chi connectivity index (χ1) is 21.2. The molecule has 6 nitrogen and oxygen atoms in total. The molecule has 0 aliphatic heterocycles. The number of ether oxygens (including phenoxy) is 1. The Balaban J connectivity index is 1.57. The predicted molar refractivity (Wildman–Crippen MR) is 163 cm³/mol. The summed E-state index contributed by atoms with van der Waals surface area (Å²) < 4.78 is 86.7. The minimum atomic E-state index is -5.07. The maximum Gasteiger partial charge on any atom is 0.416 e. The van der Waals surface area contributed by atoms with Crippen LogP contribution in [0, 0.1) is 0 Å². The summed E-state index contributed by atoms with van der Waals surface area (Å²) in [5, 5.41) is 4.29. The molecule has 0 spiro atoms. The molecule has 1 amide bonds. The molecule has 240 valence electrons. The molecule has 0 fully saturated rings. The number of fused-ring (bicyclic) bond motifs is 1. The molecule has 1 atom stereocenters. The van der Waals surface area contributed by atoms with Crippen molar-refractivity contribution in [2.24, 2.45) is 0 Å². The standard InChI is InChI=1S/C33H34F6N4O2/c1-21(41-29-19-28(45-4)17-23-8-5-13-40-30(23)29)7-6-14-43(20-22-9-11-27(12-10-22)42(2)3)31(44)24-15-25(32(34,35)36)18-26(16-24)33(37,38)39/h5,8-13,15-19,21,41H,6-7,14,20H2,1-4H3. The lowest BCUT2D eigenvalue weighted by atomic mass is 10.0. The predicted octanol–water partition coefficient (Wildman–Crippen LogP) is 8.27. The van der Waals surface area contributed by atoms with Gasteiger partial charge in [0.25, 0.3) is 5.91 Å². The number of aromatic nitrogens is 1. The zero-order chi connectivity index (χ0) is 32.9. The summed E-state index contributed by atoms with van der Waals surface area (Å²) in [5.74, 6) is -0.284. The third-order valence-electron chi connectivity index (χ3n) is 7.33. The molecule has 0 radical (unpaired) electrons. The molecule has 45 heavy (non-hydrogen) atoms. The Hall–Kier alpha value is -4.48. The molecule has 0 saturated carbocycles. The third kappa shape index (κ3) is 8.58. The molecule has 0 saturated heterocycles. The minimum absolute atomic E-state index is 0.00358. The van der Waals surface area contributed by atoms with E-state index in [0.29, 0.717) is 36.3 Å². The van der Waals surface area contributed by atoms with Crippen LogP contribution in [0.3, 0.4) is 0 Å². The smallest absolute Gasteiger partial charge is 0.416 e. The van der Waals surface area contributed by atoms with Gasteiger partial charge in [-0.25, -0.2) is 0 Å². The van der Waals surface area contributed by atoms with E-state index in [4.69, 9.17) is 4.74 Å². The van der Waals surface area contributed by atoms with E-state index in [1.165, 1.54) is 4.90 Å². The van der Waals surface area contributed by atoms with Gasteiger partial charge in [-0.1, -0.05) is 18.2 Å². The highest BCUT2D eigenvalue weighted by Crippen LogP contribution is 2.37. The lowest BCUT2D eigenvalue weighted by Crippen LogP contribution is -2.33. The van der Waals surface area contributed by atoms with Crippen LogP contribution in [0.5, 0.6) is 5.75 Å². The van der Waals surface area contributed by atoms with E-state index in [0.717, 1.165) is 22.3 Å². The van der Waals surface area contributed by atoms with Crippen LogP contribution >= 0.6 is 0 Å². The zero-order valence-corrected chi connectivity index (χ0v) is 25.3. The van der Waals surface area contributed by atoms with E-state index in [9.17, 15) is 31.1 Å². The van der Waals surface area contributed by atoms with Crippen molar-refractivity contribution in [2.75, 3.05) is 38.0 Å². The fourth-order valence-corrected chi connectivity index (χ4v) is 4.95. The Kier molecular flexibility index (Phi) is 10.1. The van der Waals surface area contributed by atoms with Gasteiger partial charge in [-0.15, -0.1) is 0 Å². The Bertz CT molecular complexity index is 1590. The molecule has 0 bridgehead atoms. The van der Waals surface area contributed by atoms with Crippen LogP contribution in [0.25, 0.3) is 10.9 Å². The summed E-state index contributed by atoms with van der Waals surface area (Å²) in [6, 6.07) is 15.5. The number of rotatable bonds is 11. The molecule has 0 aliphatic rings. The monoisotopic (exact) mass is 632 g/mol.